The van der Waals surface area contributed by atoms with Gasteiger partial charge in [0, 0.05) is 30.1 Å². The molecule has 154 valence electrons. The summed E-state index contributed by atoms with van der Waals surface area (Å²) >= 11 is 0. The number of amidine groups is 1. The van der Waals surface area contributed by atoms with E-state index < -0.39 is 5.92 Å². The summed E-state index contributed by atoms with van der Waals surface area (Å²) in [7, 11) is 1.61. The number of methoxy groups -OCH3 is 1. The molecule has 2 heterocycles. The third-order valence-corrected chi connectivity index (χ3v) is 5.15. The molecule has 8 nitrogen and oxygen atoms in total. The van der Waals surface area contributed by atoms with Crippen molar-refractivity contribution in [2.24, 2.45) is 10.8 Å². The van der Waals surface area contributed by atoms with E-state index in [0.717, 1.165) is 16.5 Å². The Hall–Kier alpha value is -3.81. The van der Waals surface area contributed by atoms with E-state index in [0.29, 0.717) is 30.1 Å². The highest BCUT2D eigenvalue weighted by Crippen LogP contribution is 2.35. The molecule has 0 aliphatic carbocycles. The molecule has 0 bridgehead atoms. The van der Waals surface area contributed by atoms with Crippen LogP contribution in [0, 0.1) is 0 Å². The van der Waals surface area contributed by atoms with Gasteiger partial charge in [0.1, 0.15) is 17.5 Å². The first-order valence-electron chi connectivity index (χ1n) is 9.65. The maximum atomic E-state index is 13.3. The molecule has 3 aromatic rings. The molecule has 0 fully saturated rings. The molecule has 2 aromatic carbocycles. The number of rotatable bonds is 6. The van der Waals surface area contributed by atoms with Gasteiger partial charge in [0.15, 0.2) is 0 Å². The lowest BCUT2D eigenvalue weighted by molar-refractivity contribution is -0.119. The number of hydrogen-bond acceptors (Lipinski definition) is 5. The molecule has 1 aromatic heterocycles. The highest BCUT2D eigenvalue weighted by Gasteiger charge is 2.39. The zero-order valence-corrected chi connectivity index (χ0v) is 16.8. The summed E-state index contributed by atoms with van der Waals surface area (Å²) in [5.41, 5.74) is 9.34. The van der Waals surface area contributed by atoms with Crippen LogP contribution in [-0.4, -0.2) is 36.3 Å². The Kier molecular flexibility index (Phi) is 5.14. The van der Waals surface area contributed by atoms with Crippen LogP contribution in [0.2, 0.25) is 0 Å². The molecule has 1 aliphatic rings. The molecule has 4 N–H and O–H groups in total. The summed E-state index contributed by atoms with van der Waals surface area (Å²) in [5, 5.41) is 9.39. The molecule has 0 saturated heterocycles. The molecule has 0 radical (unpaired) electrons. The van der Waals surface area contributed by atoms with E-state index in [1.807, 2.05) is 48.5 Å². The van der Waals surface area contributed by atoms with E-state index in [1.165, 1.54) is 11.9 Å². The number of fused-ring (bicyclic) bond motifs is 1. The van der Waals surface area contributed by atoms with Crippen LogP contribution in [0.5, 0.6) is 5.75 Å². The first-order chi connectivity index (χ1) is 14.5. The van der Waals surface area contributed by atoms with Crippen molar-refractivity contribution < 1.29 is 14.3 Å². The zero-order chi connectivity index (χ0) is 21.3. The average Bonchev–Trinajstić information content (AvgIpc) is 3.24. The van der Waals surface area contributed by atoms with Crippen molar-refractivity contribution in [3.8, 4) is 5.75 Å². The number of anilines is 1. The first-order valence-corrected chi connectivity index (χ1v) is 9.65. The second kappa shape index (κ2) is 7.90. The summed E-state index contributed by atoms with van der Waals surface area (Å²) < 4.78 is 5.36. The summed E-state index contributed by atoms with van der Waals surface area (Å²) in [4.78, 5) is 28.0. The van der Waals surface area contributed by atoms with E-state index in [-0.39, 0.29) is 17.6 Å². The lowest BCUT2D eigenvalue weighted by Gasteiger charge is -2.15. The second-order valence-corrected chi connectivity index (χ2v) is 7.11. The van der Waals surface area contributed by atoms with Crippen molar-refractivity contribution in [3.05, 3.63) is 59.8 Å². The number of hydrazone groups is 1. The minimum atomic E-state index is -0.726. The Morgan fingerprint density at radius 1 is 1.27 bits per heavy atom. The Morgan fingerprint density at radius 2 is 2.03 bits per heavy atom. The van der Waals surface area contributed by atoms with Crippen LogP contribution in [0.3, 0.4) is 0 Å². The molecule has 1 unspecified atom stereocenters. The van der Waals surface area contributed by atoms with Gasteiger partial charge in [-0.05, 0) is 42.3 Å². The highest BCUT2D eigenvalue weighted by molar-refractivity contribution is 6.18. The molecule has 4 rings (SSSR count). The van der Waals surface area contributed by atoms with Crippen LogP contribution in [0.25, 0.3) is 10.9 Å². The molecule has 1 aliphatic heterocycles. The molecule has 2 amide bonds. The molecule has 0 saturated carbocycles. The smallest absolute Gasteiger partial charge is 0.264 e. The van der Waals surface area contributed by atoms with Crippen molar-refractivity contribution in [1.29, 1.82) is 0 Å². The van der Waals surface area contributed by atoms with E-state index in [1.54, 1.807) is 7.11 Å². The number of benzene rings is 2. The second-order valence-electron chi connectivity index (χ2n) is 7.11. The molecular formula is C22H23N5O3. The maximum absolute atomic E-state index is 13.3. The minimum Gasteiger partial charge on any atom is -0.497 e. The monoisotopic (exact) mass is 405 g/mol. The van der Waals surface area contributed by atoms with Gasteiger partial charge in [-0.2, -0.15) is 10.1 Å². The summed E-state index contributed by atoms with van der Waals surface area (Å²) in [6.07, 6.45) is 0.532. The number of nitrogens with one attached hydrogen (secondary N) is 2. The number of hydrogen-bond donors (Lipinski definition) is 3. The fraction of sp³-hybridized carbons (Fsp3) is 0.227. The van der Waals surface area contributed by atoms with Gasteiger partial charge in [-0.25, -0.2) is 0 Å². The number of amides is 2. The third kappa shape index (κ3) is 3.47. The normalized spacial score (nSPS) is 16.1. The van der Waals surface area contributed by atoms with Crippen molar-refractivity contribution in [2.45, 2.75) is 19.3 Å². The van der Waals surface area contributed by atoms with Crippen LogP contribution in [0.1, 0.15) is 24.1 Å². The lowest BCUT2D eigenvalue weighted by Crippen LogP contribution is -2.29. The number of carbonyl (C=O) groups is 2. The average molecular weight is 405 g/mol. The van der Waals surface area contributed by atoms with Crippen molar-refractivity contribution >= 4 is 34.2 Å². The quantitative estimate of drug-likeness (QED) is 0.584. The maximum Gasteiger partial charge on any atom is 0.264 e. The standard InChI is InChI=1S/C22H23N5O3/c1-13(28)24-11-10-16-17-12-15(30-2)8-9-18(17)25-20(16)19-21(23)26-27(22(19)29)14-6-4-3-5-7-14/h3-9,12,19,25H,10-11H2,1-2H3,(H2,23,26)(H,24,28). The SMILES string of the molecule is COc1ccc2[nH]c(C3C(=O)N(c4ccccc4)N=C3N)c(CCNC(C)=O)c2c1. The van der Waals surface area contributed by atoms with Gasteiger partial charge in [-0.15, -0.1) is 0 Å². The Labute approximate surface area is 173 Å². The topological polar surface area (TPSA) is 113 Å². The number of carbonyl (C=O) groups excluding carboxylic acids is 2. The van der Waals surface area contributed by atoms with Crippen LogP contribution < -0.4 is 20.8 Å². The van der Waals surface area contributed by atoms with Crippen molar-refractivity contribution in [2.75, 3.05) is 18.7 Å². The molecule has 0 spiro atoms. The van der Waals surface area contributed by atoms with E-state index in [4.69, 9.17) is 10.5 Å². The summed E-state index contributed by atoms with van der Waals surface area (Å²) in [6, 6.07) is 14.9. The van der Waals surface area contributed by atoms with Crippen molar-refractivity contribution in [3.63, 3.8) is 0 Å². The highest BCUT2D eigenvalue weighted by atomic mass is 16.5. The van der Waals surface area contributed by atoms with Gasteiger partial charge in [0.2, 0.25) is 5.91 Å². The Morgan fingerprint density at radius 3 is 2.73 bits per heavy atom. The van der Waals surface area contributed by atoms with Crippen LogP contribution in [0.15, 0.2) is 53.6 Å². The van der Waals surface area contributed by atoms with Crippen LogP contribution in [-0.2, 0) is 16.0 Å². The minimum absolute atomic E-state index is 0.109. The van der Waals surface area contributed by atoms with Crippen molar-refractivity contribution in [1.82, 2.24) is 10.3 Å². The fourth-order valence-electron chi connectivity index (χ4n) is 3.75. The van der Waals surface area contributed by atoms with Gasteiger partial charge in [0.05, 0.1) is 12.8 Å². The van der Waals surface area contributed by atoms with E-state index >= 15 is 0 Å². The predicted octanol–water partition coefficient (Wildman–Crippen LogP) is 2.26. The van der Waals surface area contributed by atoms with Gasteiger partial charge < -0.3 is 20.8 Å². The number of nitrogens with zero attached hydrogens (tertiary/aromatic N) is 2. The molecule has 8 heteroatoms. The summed E-state index contributed by atoms with van der Waals surface area (Å²) in [5.74, 6) is -0.126. The molecule has 1 atom stereocenters. The largest absolute Gasteiger partial charge is 0.497 e. The lowest BCUT2D eigenvalue weighted by atomic mass is 9.96. The molecular weight excluding hydrogens is 382 g/mol. The fourth-order valence-corrected chi connectivity index (χ4v) is 3.75. The van der Waals surface area contributed by atoms with E-state index in [2.05, 4.69) is 15.4 Å². The van der Waals surface area contributed by atoms with Gasteiger partial charge in [0.25, 0.3) is 5.91 Å². The predicted molar refractivity (Wildman–Crippen MR) is 116 cm³/mol. The Bertz CT molecular complexity index is 1140. The number of nitrogens with two attached hydrogens (primary N) is 1. The number of aromatic nitrogens is 1. The Balaban J connectivity index is 1.76. The summed E-state index contributed by atoms with van der Waals surface area (Å²) in [6.45, 7) is 1.91. The number of H-pyrrole nitrogens is 1. The van der Waals surface area contributed by atoms with Gasteiger partial charge in [-0.1, -0.05) is 18.2 Å². The zero-order valence-electron chi connectivity index (χ0n) is 16.8. The van der Waals surface area contributed by atoms with Crippen LogP contribution >= 0.6 is 0 Å². The molecule has 30 heavy (non-hydrogen) atoms. The van der Waals surface area contributed by atoms with Gasteiger partial charge in [-0.3, -0.25) is 9.59 Å². The first kappa shape index (κ1) is 19.5. The number of ether oxygens (including phenoxy) is 1. The van der Waals surface area contributed by atoms with Gasteiger partial charge >= 0.3 is 0 Å². The number of aromatic amines is 1. The third-order valence-electron chi connectivity index (χ3n) is 5.15. The van der Waals surface area contributed by atoms with E-state index in [9.17, 15) is 9.59 Å². The van der Waals surface area contributed by atoms with Crippen LogP contribution in [0.4, 0.5) is 5.69 Å². The number of para-hydroxylation sites is 1.